The fourth-order valence-corrected chi connectivity index (χ4v) is 2.57. The van der Waals surface area contributed by atoms with Crippen LogP contribution in [-0.4, -0.2) is 30.4 Å². The molecule has 0 aliphatic rings. The average molecular weight is 331 g/mol. The van der Waals surface area contributed by atoms with Crippen LogP contribution in [0.15, 0.2) is 48.5 Å². The topological polar surface area (TPSA) is 32.3 Å². The second-order valence-corrected chi connectivity index (χ2v) is 6.05. The van der Waals surface area contributed by atoms with Gasteiger partial charge in [0.05, 0.1) is 6.54 Å². The third kappa shape index (κ3) is 5.70. The van der Waals surface area contributed by atoms with Crippen LogP contribution in [-0.2, 0) is 11.2 Å². The maximum atomic E-state index is 12.3. The first-order valence-corrected chi connectivity index (χ1v) is 8.28. The number of hydrogen-bond acceptors (Lipinski definition) is 2. The van der Waals surface area contributed by atoms with E-state index in [2.05, 4.69) is 29.3 Å². The van der Waals surface area contributed by atoms with Crippen molar-refractivity contribution in [3.8, 4) is 0 Å². The van der Waals surface area contributed by atoms with Crippen molar-refractivity contribution in [1.29, 1.82) is 0 Å². The minimum atomic E-state index is -0.00900. The van der Waals surface area contributed by atoms with Crippen LogP contribution in [0.3, 0.4) is 0 Å². The zero-order valence-corrected chi connectivity index (χ0v) is 14.4. The first kappa shape index (κ1) is 17.5. The summed E-state index contributed by atoms with van der Waals surface area (Å²) < 4.78 is 0. The van der Waals surface area contributed by atoms with Gasteiger partial charge in [-0.05, 0) is 43.1 Å². The van der Waals surface area contributed by atoms with E-state index >= 15 is 0 Å². The Morgan fingerprint density at radius 3 is 2.61 bits per heavy atom. The second kappa shape index (κ2) is 8.70. The van der Waals surface area contributed by atoms with Crippen molar-refractivity contribution in [2.75, 3.05) is 25.0 Å². The number of anilines is 1. The molecule has 0 saturated heterocycles. The van der Waals surface area contributed by atoms with Gasteiger partial charge in [-0.1, -0.05) is 54.9 Å². The molecule has 0 aromatic heterocycles. The van der Waals surface area contributed by atoms with Gasteiger partial charge in [0.1, 0.15) is 0 Å². The monoisotopic (exact) mass is 330 g/mol. The Labute approximate surface area is 143 Å². The number of hydrogen-bond donors (Lipinski definition) is 1. The van der Waals surface area contributed by atoms with Crippen LogP contribution in [0.5, 0.6) is 0 Å². The predicted molar refractivity (Wildman–Crippen MR) is 97.1 cm³/mol. The lowest BCUT2D eigenvalue weighted by atomic mass is 10.1. The van der Waals surface area contributed by atoms with Crippen molar-refractivity contribution in [3.63, 3.8) is 0 Å². The van der Waals surface area contributed by atoms with E-state index in [1.165, 1.54) is 5.56 Å². The molecule has 0 radical (unpaired) electrons. The Hall–Kier alpha value is -1.84. The van der Waals surface area contributed by atoms with Gasteiger partial charge in [0.25, 0.3) is 0 Å². The second-order valence-electron chi connectivity index (χ2n) is 5.61. The molecule has 3 nitrogen and oxygen atoms in total. The summed E-state index contributed by atoms with van der Waals surface area (Å²) in [4.78, 5) is 14.4. The molecule has 0 atom stereocenters. The first-order valence-electron chi connectivity index (χ1n) is 7.90. The third-order valence-electron chi connectivity index (χ3n) is 3.85. The van der Waals surface area contributed by atoms with E-state index in [1.807, 2.05) is 37.3 Å². The largest absolute Gasteiger partial charge is 0.325 e. The van der Waals surface area contributed by atoms with Crippen LogP contribution in [0.4, 0.5) is 5.69 Å². The van der Waals surface area contributed by atoms with Crippen molar-refractivity contribution >= 4 is 23.2 Å². The molecule has 1 N–H and O–H groups in total. The van der Waals surface area contributed by atoms with Crippen molar-refractivity contribution in [2.45, 2.75) is 20.3 Å². The molecule has 1 amide bonds. The number of benzene rings is 2. The molecule has 2 aromatic rings. The minimum Gasteiger partial charge on any atom is -0.325 e. The molecule has 0 heterocycles. The Bertz CT molecular complexity index is 643. The molecular weight excluding hydrogens is 308 g/mol. The first-order chi connectivity index (χ1) is 11.1. The van der Waals surface area contributed by atoms with E-state index in [0.717, 1.165) is 30.8 Å². The summed E-state index contributed by atoms with van der Waals surface area (Å²) in [5.74, 6) is -0.00900. The van der Waals surface area contributed by atoms with Crippen LogP contribution in [0, 0.1) is 6.92 Å². The van der Waals surface area contributed by atoms with Crippen molar-refractivity contribution in [2.24, 2.45) is 0 Å². The number of nitrogens with zero attached hydrogens (tertiary/aromatic N) is 1. The van der Waals surface area contributed by atoms with Crippen molar-refractivity contribution in [3.05, 3.63) is 64.7 Å². The lowest BCUT2D eigenvalue weighted by molar-refractivity contribution is -0.117. The van der Waals surface area contributed by atoms with Crippen LogP contribution < -0.4 is 5.32 Å². The van der Waals surface area contributed by atoms with Gasteiger partial charge in [-0.2, -0.15) is 0 Å². The highest BCUT2D eigenvalue weighted by Crippen LogP contribution is 2.20. The number of halogens is 1. The zero-order valence-electron chi connectivity index (χ0n) is 13.7. The minimum absolute atomic E-state index is 0.00900. The van der Waals surface area contributed by atoms with E-state index in [-0.39, 0.29) is 5.91 Å². The summed E-state index contributed by atoms with van der Waals surface area (Å²) in [7, 11) is 0. The lowest BCUT2D eigenvalue weighted by Crippen LogP contribution is -2.34. The molecule has 2 aromatic carbocycles. The summed E-state index contributed by atoms with van der Waals surface area (Å²) in [5, 5.41) is 3.58. The number of likely N-dealkylation sites (N-methyl/N-ethyl adjacent to an activating group) is 1. The fourth-order valence-electron chi connectivity index (χ4n) is 2.40. The SMILES string of the molecule is CCN(CCc1ccccc1)CC(=O)Nc1cc(Cl)ccc1C. The smallest absolute Gasteiger partial charge is 0.238 e. The maximum absolute atomic E-state index is 12.3. The van der Waals surface area contributed by atoms with Gasteiger partial charge in [0.15, 0.2) is 0 Å². The molecule has 23 heavy (non-hydrogen) atoms. The molecule has 0 aliphatic carbocycles. The summed E-state index contributed by atoms with van der Waals surface area (Å²) in [5.41, 5.74) is 3.08. The molecule has 122 valence electrons. The molecule has 4 heteroatoms. The molecule has 2 rings (SSSR count). The molecule has 0 fully saturated rings. The summed E-state index contributed by atoms with van der Waals surface area (Å²) in [6.45, 7) is 6.12. The van der Waals surface area contributed by atoms with Gasteiger partial charge >= 0.3 is 0 Å². The van der Waals surface area contributed by atoms with E-state index in [0.29, 0.717) is 11.6 Å². The molecule has 0 aliphatic heterocycles. The number of nitrogens with one attached hydrogen (secondary N) is 1. The van der Waals surface area contributed by atoms with Crippen LogP contribution in [0.1, 0.15) is 18.1 Å². The Balaban J connectivity index is 1.88. The fraction of sp³-hybridized carbons (Fsp3) is 0.316. The van der Waals surface area contributed by atoms with Crippen LogP contribution in [0.25, 0.3) is 0 Å². The van der Waals surface area contributed by atoms with Crippen LogP contribution in [0.2, 0.25) is 5.02 Å². The highest BCUT2D eigenvalue weighted by molar-refractivity contribution is 6.31. The predicted octanol–water partition coefficient (Wildman–Crippen LogP) is 4.15. The number of aryl methyl sites for hydroxylation is 1. The zero-order chi connectivity index (χ0) is 16.7. The summed E-state index contributed by atoms with van der Waals surface area (Å²) in [6, 6.07) is 15.8. The standard InChI is InChI=1S/C19H23ClN2O/c1-3-22(12-11-16-7-5-4-6-8-16)14-19(23)21-18-13-17(20)10-9-15(18)2/h4-10,13H,3,11-12,14H2,1-2H3,(H,21,23). The highest BCUT2D eigenvalue weighted by Gasteiger charge is 2.10. The highest BCUT2D eigenvalue weighted by atomic mass is 35.5. The molecule has 0 spiro atoms. The normalized spacial score (nSPS) is 10.8. The molecule has 0 bridgehead atoms. The Kier molecular flexibility index (Phi) is 6.63. The van der Waals surface area contributed by atoms with Crippen LogP contribution >= 0.6 is 11.6 Å². The van der Waals surface area contributed by atoms with Gasteiger partial charge in [0, 0.05) is 17.3 Å². The van der Waals surface area contributed by atoms with E-state index < -0.39 is 0 Å². The summed E-state index contributed by atoms with van der Waals surface area (Å²) in [6.07, 6.45) is 0.943. The number of amides is 1. The van der Waals surface area contributed by atoms with Crippen molar-refractivity contribution < 1.29 is 4.79 Å². The quantitative estimate of drug-likeness (QED) is 0.827. The van der Waals surface area contributed by atoms with Gasteiger partial charge in [0.2, 0.25) is 5.91 Å². The van der Waals surface area contributed by atoms with Gasteiger partial charge < -0.3 is 5.32 Å². The van der Waals surface area contributed by atoms with Crippen molar-refractivity contribution in [1.82, 2.24) is 4.90 Å². The number of carbonyl (C=O) groups excluding carboxylic acids is 1. The number of carbonyl (C=O) groups is 1. The molecule has 0 saturated carbocycles. The Morgan fingerprint density at radius 1 is 1.17 bits per heavy atom. The van der Waals surface area contributed by atoms with E-state index in [1.54, 1.807) is 6.07 Å². The van der Waals surface area contributed by atoms with E-state index in [4.69, 9.17) is 11.6 Å². The van der Waals surface area contributed by atoms with Gasteiger partial charge in [-0.3, -0.25) is 9.69 Å². The lowest BCUT2D eigenvalue weighted by Gasteiger charge is -2.20. The molecule has 0 unspecified atom stereocenters. The van der Waals surface area contributed by atoms with E-state index in [9.17, 15) is 4.79 Å². The maximum Gasteiger partial charge on any atom is 0.238 e. The Morgan fingerprint density at radius 2 is 1.91 bits per heavy atom. The van der Waals surface area contributed by atoms with Gasteiger partial charge in [-0.25, -0.2) is 0 Å². The molecular formula is C19H23ClN2O. The third-order valence-corrected chi connectivity index (χ3v) is 4.08. The average Bonchev–Trinajstić information content (AvgIpc) is 2.55. The summed E-state index contributed by atoms with van der Waals surface area (Å²) >= 11 is 5.99. The van der Waals surface area contributed by atoms with Gasteiger partial charge in [-0.15, -0.1) is 0 Å². The number of rotatable bonds is 7.